The van der Waals surface area contributed by atoms with Crippen molar-refractivity contribution in [1.29, 1.82) is 0 Å². The third-order valence-corrected chi connectivity index (χ3v) is 7.75. The van der Waals surface area contributed by atoms with Crippen LogP contribution < -0.4 is 10.2 Å². The van der Waals surface area contributed by atoms with Gasteiger partial charge < -0.3 is 20.2 Å². The Kier molecular flexibility index (Phi) is 5.41. The van der Waals surface area contributed by atoms with E-state index in [9.17, 15) is 23.1 Å². The molecule has 3 aliphatic rings. The van der Waals surface area contributed by atoms with E-state index in [1.54, 1.807) is 11.8 Å². The van der Waals surface area contributed by atoms with Gasteiger partial charge in [0.05, 0.1) is 34.1 Å². The number of aliphatic hydroxyl groups is 1. The highest BCUT2D eigenvalue weighted by Crippen LogP contribution is 2.48. The second-order valence-corrected chi connectivity index (χ2v) is 10.8. The molecule has 5 heterocycles. The van der Waals surface area contributed by atoms with Crippen LogP contribution in [-0.4, -0.2) is 77.9 Å². The predicted molar refractivity (Wildman–Crippen MR) is 130 cm³/mol. The molecule has 6 rings (SSSR count). The fourth-order valence-electron chi connectivity index (χ4n) is 5.68. The molecule has 1 atom stereocenters. The molecule has 2 amide bonds. The fraction of sp³-hybridized carbons (Fsp3) is 0.583. The van der Waals surface area contributed by atoms with Crippen LogP contribution >= 0.6 is 0 Å². The molecule has 0 bridgehead atoms. The van der Waals surface area contributed by atoms with E-state index in [1.807, 2.05) is 4.90 Å². The molecule has 3 aromatic heterocycles. The summed E-state index contributed by atoms with van der Waals surface area (Å²) in [5.74, 6) is 0.356. The van der Waals surface area contributed by atoms with Gasteiger partial charge in [-0.15, -0.1) is 0 Å². The lowest BCUT2D eigenvalue weighted by atomic mass is 10.0. The molecular formula is C24H29F3N8O2. The number of hydrogen-bond acceptors (Lipinski definition) is 6. The molecule has 198 valence electrons. The summed E-state index contributed by atoms with van der Waals surface area (Å²) in [4.78, 5) is 21.3. The Hall–Kier alpha value is -3.35. The van der Waals surface area contributed by atoms with Gasteiger partial charge in [-0.3, -0.25) is 14.8 Å². The minimum absolute atomic E-state index is 0.0376. The number of aromatic amines is 1. The molecule has 0 radical (unpaired) electrons. The number of fused-ring (bicyclic) bond motifs is 1. The van der Waals surface area contributed by atoms with Crippen molar-refractivity contribution >= 4 is 28.4 Å². The summed E-state index contributed by atoms with van der Waals surface area (Å²) in [5, 5.41) is 24.9. The average molecular weight is 519 g/mol. The molecule has 0 aromatic carbocycles. The van der Waals surface area contributed by atoms with E-state index < -0.39 is 18.3 Å². The number of carbonyl (C=O) groups excluding carboxylic acids is 1. The van der Waals surface area contributed by atoms with Crippen LogP contribution in [0.4, 0.5) is 29.5 Å². The van der Waals surface area contributed by atoms with Gasteiger partial charge in [0.1, 0.15) is 12.2 Å². The fourth-order valence-corrected chi connectivity index (χ4v) is 5.68. The number of likely N-dealkylation sites (tertiary alicyclic amines) is 1. The van der Waals surface area contributed by atoms with Gasteiger partial charge in [0.25, 0.3) is 0 Å². The van der Waals surface area contributed by atoms with E-state index >= 15 is 0 Å². The van der Waals surface area contributed by atoms with Crippen LogP contribution in [0.25, 0.3) is 22.3 Å². The number of H-pyrrole nitrogens is 1. The Morgan fingerprint density at radius 1 is 1.19 bits per heavy atom. The van der Waals surface area contributed by atoms with Crippen molar-refractivity contribution in [3.63, 3.8) is 0 Å². The third kappa shape index (κ3) is 4.49. The van der Waals surface area contributed by atoms with Crippen LogP contribution in [0, 0.1) is 0 Å². The number of amides is 2. The van der Waals surface area contributed by atoms with Gasteiger partial charge in [0.2, 0.25) is 0 Å². The number of nitrogens with one attached hydrogen (secondary N) is 2. The first-order valence-corrected chi connectivity index (χ1v) is 12.6. The number of β-amino-alcohol motifs (C(OH)–C–C–N with tert-alkyl or cyclic N) is 1. The van der Waals surface area contributed by atoms with Gasteiger partial charge in [-0.05, 0) is 51.5 Å². The highest BCUT2D eigenvalue weighted by atomic mass is 19.4. The lowest BCUT2D eigenvalue weighted by Gasteiger charge is -2.36. The molecule has 1 unspecified atom stereocenters. The van der Waals surface area contributed by atoms with E-state index in [1.165, 1.54) is 18.5 Å². The van der Waals surface area contributed by atoms with Crippen molar-refractivity contribution in [2.45, 2.75) is 69.3 Å². The number of piperidine rings is 1. The number of hydrogen-bond donors (Lipinski definition) is 3. The molecular weight excluding hydrogens is 489 g/mol. The minimum Gasteiger partial charge on any atom is -0.388 e. The maximum absolute atomic E-state index is 13.4. The summed E-state index contributed by atoms with van der Waals surface area (Å²) in [6, 6.07) is 1.32. The van der Waals surface area contributed by atoms with Crippen molar-refractivity contribution in [2.24, 2.45) is 0 Å². The Bertz CT molecular complexity index is 1340. The topological polar surface area (TPSA) is 115 Å². The molecule has 1 spiro atoms. The summed E-state index contributed by atoms with van der Waals surface area (Å²) in [7, 11) is 0. The second kappa shape index (κ2) is 8.33. The van der Waals surface area contributed by atoms with Crippen molar-refractivity contribution < 1.29 is 23.1 Å². The van der Waals surface area contributed by atoms with E-state index in [0.29, 0.717) is 47.8 Å². The van der Waals surface area contributed by atoms with Gasteiger partial charge in [-0.2, -0.15) is 23.4 Å². The quantitative estimate of drug-likeness (QED) is 0.483. The molecule has 13 heteroatoms. The van der Waals surface area contributed by atoms with Crippen molar-refractivity contribution in [2.75, 3.05) is 29.9 Å². The van der Waals surface area contributed by atoms with Crippen LogP contribution in [0.1, 0.15) is 45.4 Å². The Morgan fingerprint density at radius 2 is 2.00 bits per heavy atom. The number of alkyl halides is 3. The number of halogens is 3. The first kappa shape index (κ1) is 24.0. The lowest BCUT2D eigenvalue weighted by molar-refractivity contribution is -0.141. The monoisotopic (exact) mass is 518 g/mol. The molecule has 2 saturated heterocycles. The first-order valence-electron chi connectivity index (χ1n) is 12.6. The summed E-state index contributed by atoms with van der Waals surface area (Å²) in [6.07, 6.45) is 4.09. The number of urea groups is 1. The van der Waals surface area contributed by atoms with E-state index in [4.69, 9.17) is 0 Å². The molecule has 3 N–H and O–H groups in total. The number of aromatic nitrogens is 5. The largest absolute Gasteiger partial charge is 0.408 e. The van der Waals surface area contributed by atoms with Gasteiger partial charge >= 0.3 is 12.2 Å². The minimum atomic E-state index is -4.48. The van der Waals surface area contributed by atoms with Gasteiger partial charge in [0.15, 0.2) is 5.82 Å². The zero-order valence-electron chi connectivity index (χ0n) is 20.5. The highest BCUT2D eigenvalue weighted by Gasteiger charge is 2.51. The molecule has 2 aliphatic heterocycles. The third-order valence-electron chi connectivity index (χ3n) is 7.75. The van der Waals surface area contributed by atoms with Crippen LogP contribution in [0.5, 0.6) is 0 Å². The van der Waals surface area contributed by atoms with Crippen LogP contribution in [0.2, 0.25) is 0 Å². The van der Waals surface area contributed by atoms with Crippen molar-refractivity contribution in [1.82, 2.24) is 29.9 Å². The molecule has 3 aromatic rings. The Balaban J connectivity index is 1.33. The highest BCUT2D eigenvalue weighted by molar-refractivity contribution is 5.96. The number of anilines is 2. The molecule has 1 saturated carbocycles. The standard InChI is InChI=1S/C24H29F3N8O2/c1-22(37)7-9-33(13-22)20-15-11-28-16(10-18(15)35(32-20)14-24(25,26)27)19-17(12-29-31-19)30-21(36)34-8-3-2-4-23(34)5-6-23/h10-12,37H,2-9,13-14H2,1H3,(H,29,31)(H,30,36). The smallest absolute Gasteiger partial charge is 0.388 e. The summed E-state index contributed by atoms with van der Waals surface area (Å²) < 4.78 is 41.1. The Labute approximate surface area is 210 Å². The lowest BCUT2D eigenvalue weighted by Crippen LogP contribution is -2.47. The normalized spacial score (nSPS) is 23.3. The maximum Gasteiger partial charge on any atom is 0.408 e. The van der Waals surface area contributed by atoms with Gasteiger partial charge in [-0.25, -0.2) is 4.79 Å². The molecule has 1 aliphatic carbocycles. The molecule has 10 nitrogen and oxygen atoms in total. The SMILES string of the molecule is CC1(O)CCN(c2nn(CC(F)(F)F)c3cc(-c4[nH]ncc4NC(=O)N4CCCCC45CC5)ncc23)C1. The summed E-state index contributed by atoms with van der Waals surface area (Å²) >= 11 is 0. The first-order chi connectivity index (χ1) is 17.5. The molecule has 3 fully saturated rings. The number of nitrogens with zero attached hydrogens (tertiary/aromatic N) is 6. The summed E-state index contributed by atoms with van der Waals surface area (Å²) in [5.41, 5.74) is 0.430. The zero-order valence-corrected chi connectivity index (χ0v) is 20.5. The van der Waals surface area contributed by atoms with Crippen LogP contribution in [0.3, 0.4) is 0 Å². The zero-order chi connectivity index (χ0) is 26.0. The second-order valence-electron chi connectivity index (χ2n) is 10.8. The van der Waals surface area contributed by atoms with E-state index in [-0.39, 0.29) is 23.6 Å². The Morgan fingerprint density at radius 3 is 2.70 bits per heavy atom. The van der Waals surface area contributed by atoms with Gasteiger partial charge in [0, 0.05) is 31.4 Å². The van der Waals surface area contributed by atoms with Crippen molar-refractivity contribution in [3.8, 4) is 11.4 Å². The molecule has 37 heavy (non-hydrogen) atoms. The number of carbonyl (C=O) groups is 1. The van der Waals surface area contributed by atoms with Gasteiger partial charge in [-0.1, -0.05) is 0 Å². The van der Waals surface area contributed by atoms with Crippen LogP contribution in [-0.2, 0) is 6.54 Å². The van der Waals surface area contributed by atoms with Crippen molar-refractivity contribution in [3.05, 3.63) is 18.5 Å². The van der Waals surface area contributed by atoms with E-state index in [0.717, 1.165) is 36.8 Å². The van der Waals surface area contributed by atoms with Crippen LogP contribution in [0.15, 0.2) is 18.5 Å². The maximum atomic E-state index is 13.4. The average Bonchev–Trinajstić information content (AvgIpc) is 3.15. The number of rotatable bonds is 4. The summed E-state index contributed by atoms with van der Waals surface area (Å²) in [6.45, 7) is 1.87. The number of pyridine rings is 1. The van der Waals surface area contributed by atoms with E-state index in [2.05, 4.69) is 25.6 Å². The predicted octanol–water partition coefficient (Wildman–Crippen LogP) is 3.90.